The standard InChI is InChI=1S/C5H9NO3.C2H4O2/c1-4(7)9-5(8)2-3-6;1-2(3)4/h2-3,6H2,1H3;1H3,(H,3,4). The van der Waals surface area contributed by atoms with Crippen molar-refractivity contribution < 1.29 is 24.2 Å². The van der Waals surface area contributed by atoms with Crippen molar-refractivity contribution in [3.05, 3.63) is 0 Å². The molecule has 6 heteroatoms. The summed E-state index contributed by atoms with van der Waals surface area (Å²) < 4.78 is 4.13. The van der Waals surface area contributed by atoms with Gasteiger partial charge in [-0.1, -0.05) is 0 Å². The van der Waals surface area contributed by atoms with Crippen LogP contribution in [0.25, 0.3) is 0 Å². The van der Waals surface area contributed by atoms with Crippen molar-refractivity contribution in [2.75, 3.05) is 6.54 Å². The summed E-state index contributed by atoms with van der Waals surface area (Å²) in [6.45, 7) is 2.47. The highest BCUT2D eigenvalue weighted by Gasteiger charge is 2.02. The van der Waals surface area contributed by atoms with E-state index >= 15 is 0 Å². The number of nitrogens with two attached hydrogens (primary N) is 1. The lowest BCUT2D eigenvalue weighted by Gasteiger charge is -1.94. The summed E-state index contributed by atoms with van der Waals surface area (Å²) in [6.07, 6.45) is 0.0968. The normalized spacial score (nSPS) is 7.92. The van der Waals surface area contributed by atoms with Gasteiger partial charge < -0.3 is 15.6 Å². The molecule has 0 aromatic carbocycles. The molecular formula is C7H13NO5. The van der Waals surface area contributed by atoms with Crippen LogP contribution in [-0.2, 0) is 19.1 Å². The Balaban J connectivity index is 0. The molecule has 0 spiro atoms. The Kier molecular flexibility index (Phi) is 9.41. The third-order valence-corrected chi connectivity index (χ3v) is 0.606. The van der Waals surface area contributed by atoms with E-state index in [1.54, 1.807) is 0 Å². The van der Waals surface area contributed by atoms with E-state index in [0.29, 0.717) is 0 Å². The van der Waals surface area contributed by atoms with Crippen LogP contribution in [0.4, 0.5) is 0 Å². The van der Waals surface area contributed by atoms with Gasteiger partial charge in [-0.2, -0.15) is 0 Å². The lowest BCUT2D eigenvalue weighted by molar-refractivity contribution is -0.157. The third-order valence-electron chi connectivity index (χ3n) is 0.606. The molecule has 0 rings (SSSR count). The zero-order valence-corrected chi connectivity index (χ0v) is 7.57. The van der Waals surface area contributed by atoms with Gasteiger partial charge in [-0.3, -0.25) is 14.4 Å². The molecule has 0 atom stereocenters. The largest absolute Gasteiger partial charge is 0.481 e. The fourth-order valence-electron chi connectivity index (χ4n) is 0.329. The van der Waals surface area contributed by atoms with Crippen LogP contribution < -0.4 is 5.73 Å². The van der Waals surface area contributed by atoms with Crippen LogP contribution >= 0.6 is 0 Å². The summed E-state index contributed by atoms with van der Waals surface area (Å²) in [7, 11) is 0. The fraction of sp³-hybridized carbons (Fsp3) is 0.571. The zero-order valence-electron chi connectivity index (χ0n) is 7.57. The Labute approximate surface area is 75.7 Å². The topological polar surface area (TPSA) is 107 Å². The molecule has 0 saturated carbocycles. The van der Waals surface area contributed by atoms with Crippen molar-refractivity contribution in [3.8, 4) is 0 Å². The van der Waals surface area contributed by atoms with E-state index in [9.17, 15) is 9.59 Å². The van der Waals surface area contributed by atoms with Crippen LogP contribution in [0.3, 0.4) is 0 Å². The Morgan fingerprint density at radius 1 is 1.31 bits per heavy atom. The molecule has 0 fully saturated rings. The summed E-state index contributed by atoms with van der Waals surface area (Å²) in [6, 6.07) is 0. The Morgan fingerprint density at radius 2 is 1.69 bits per heavy atom. The zero-order chi connectivity index (χ0) is 10.9. The summed E-state index contributed by atoms with van der Waals surface area (Å²) in [4.78, 5) is 29.4. The second-order valence-corrected chi connectivity index (χ2v) is 2.02. The molecule has 0 heterocycles. The van der Waals surface area contributed by atoms with E-state index in [2.05, 4.69) is 4.74 Å². The minimum absolute atomic E-state index is 0.0968. The molecular weight excluding hydrogens is 178 g/mol. The number of carbonyl (C=O) groups excluding carboxylic acids is 2. The average Bonchev–Trinajstić information content (AvgIpc) is 1.83. The quantitative estimate of drug-likeness (QED) is 0.450. The third kappa shape index (κ3) is 25.0. The maximum atomic E-state index is 10.3. The van der Waals surface area contributed by atoms with Crippen LogP contribution in [0, 0.1) is 0 Å². The minimum Gasteiger partial charge on any atom is -0.481 e. The van der Waals surface area contributed by atoms with Gasteiger partial charge in [0.25, 0.3) is 5.97 Å². The Morgan fingerprint density at radius 3 is 1.92 bits per heavy atom. The number of aliphatic carboxylic acids is 1. The summed E-state index contributed by atoms with van der Waals surface area (Å²) in [5.74, 6) is -1.99. The van der Waals surface area contributed by atoms with Crippen LogP contribution in [0.2, 0.25) is 0 Å². The van der Waals surface area contributed by atoms with Crippen LogP contribution in [0.1, 0.15) is 20.3 Å². The van der Waals surface area contributed by atoms with Gasteiger partial charge in [0.05, 0.1) is 6.42 Å². The number of hydrogen-bond acceptors (Lipinski definition) is 5. The molecule has 0 bridgehead atoms. The van der Waals surface area contributed by atoms with E-state index in [0.717, 1.165) is 6.92 Å². The number of hydrogen-bond donors (Lipinski definition) is 2. The summed E-state index contributed by atoms with van der Waals surface area (Å²) >= 11 is 0. The minimum atomic E-state index is -0.833. The molecule has 0 amide bonds. The van der Waals surface area contributed by atoms with Crippen LogP contribution in [0.5, 0.6) is 0 Å². The number of carboxylic acid groups (broad SMARTS) is 1. The highest BCUT2D eigenvalue weighted by Crippen LogP contribution is 1.83. The second kappa shape index (κ2) is 8.66. The van der Waals surface area contributed by atoms with E-state index < -0.39 is 17.9 Å². The van der Waals surface area contributed by atoms with Crippen LogP contribution in [-0.4, -0.2) is 29.6 Å². The number of rotatable bonds is 2. The van der Waals surface area contributed by atoms with Gasteiger partial charge in [0, 0.05) is 20.4 Å². The lowest BCUT2D eigenvalue weighted by atomic mass is 10.4. The molecule has 0 aromatic heterocycles. The Hall–Kier alpha value is -1.43. The molecule has 0 radical (unpaired) electrons. The number of carbonyl (C=O) groups is 3. The summed E-state index contributed by atoms with van der Waals surface area (Å²) in [5.41, 5.74) is 4.99. The molecule has 76 valence electrons. The van der Waals surface area contributed by atoms with Gasteiger partial charge in [0.15, 0.2) is 0 Å². The maximum absolute atomic E-state index is 10.3. The average molecular weight is 191 g/mol. The highest BCUT2D eigenvalue weighted by molar-refractivity contribution is 5.84. The molecule has 0 aromatic rings. The van der Waals surface area contributed by atoms with Gasteiger partial charge in [0.1, 0.15) is 0 Å². The number of ether oxygens (including phenoxy) is 1. The maximum Gasteiger partial charge on any atom is 0.314 e. The molecule has 6 nitrogen and oxygen atoms in total. The van der Waals surface area contributed by atoms with Gasteiger partial charge >= 0.3 is 11.9 Å². The molecule has 0 aliphatic heterocycles. The summed E-state index contributed by atoms with van der Waals surface area (Å²) in [5, 5.41) is 7.42. The number of esters is 2. The monoisotopic (exact) mass is 191 g/mol. The van der Waals surface area contributed by atoms with Gasteiger partial charge in [-0.25, -0.2) is 0 Å². The molecule has 3 N–H and O–H groups in total. The Bertz CT molecular complexity index is 185. The van der Waals surface area contributed by atoms with Gasteiger partial charge in [0.2, 0.25) is 0 Å². The van der Waals surface area contributed by atoms with E-state index in [-0.39, 0.29) is 13.0 Å². The molecule has 0 unspecified atom stereocenters. The lowest BCUT2D eigenvalue weighted by Crippen LogP contribution is -2.13. The SMILES string of the molecule is CC(=O)O.CC(=O)OC(=O)CCN. The van der Waals surface area contributed by atoms with E-state index in [4.69, 9.17) is 15.6 Å². The molecule has 0 aliphatic rings. The van der Waals surface area contributed by atoms with Crippen molar-refractivity contribution in [3.63, 3.8) is 0 Å². The van der Waals surface area contributed by atoms with E-state index in [1.165, 1.54) is 6.92 Å². The number of carboxylic acids is 1. The van der Waals surface area contributed by atoms with Crippen molar-refractivity contribution in [1.82, 2.24) is 0 Å². The second-order valence-electron chi connectivity index (χ2n) is 2.02. The molecule has 0 aliphatic carbocycles. The highest BCUT2D eigenvalue weighted by atomic mass is 16.6. The predicted molar refractivity (Wildman–Crippen MR) is 43.8 cm³/mol. The van der Waals surface area contributed by atoms with Crippen molar-refractivity contribution in [2.45, 2.75) is 20.3 Å². The smallest absolute Gasteiger partial charge is 0.314 e. The molecule has 13 heavy (non-hydrogen) atoms. The fourth-order valence-corrected chi connectivity index (χ4v) is 0.329. The first-order valence-corrected chi connectivity index (χ1v) is 3.51. The van der Waals surface area contributed by atoms with Crippen molar-refractivity contribution >= 4 is 17.9 Å². The predicted octanol–water partition coefficient (Wildman–Crippen LogP) is -0.484. The first-order valence-electron chi connectivity index (χ1n) is 3.51. The van der Waals surface area contributed by atoms with E-state index in [1.807, 2.05) is 0 Å². The van der Waals surface area contributed by atoms with Gasteiger partial charge in [-0.15, -0.1) is 0 Å². The van der Waals surface area contributed by atoms with Crippen LogP contribution in [0.15, 0.2) is 0 Å². The van der Waals surface area contributed by atoms with Crippen molar-refractivity contribution in [2.24, 2.45) is 5.73 Å². The van der Waals surface area contributed by atoms with Gasteiger partial charge in [-0.05, 0) is 0 Å². The molecule has 0 saturated heterocycles. The van der Waals surface area contributed by atoms with Crippen molar-refractivity contribution in [1.29, 1.82) is 0 Å². The first kappa shape index (κ1) is 14.1. The first-order chi connectivity index (χ1) is 5.90.